The SMILES string of the molecule is Cc1cc(C)cc(OC(=O)[C@@H](O)c2ccccc2)c1. The van der Waals surface area contributed by atoms with Gasteiger partial charge < -0.3 is 9.84 Å². The quantitative estimate of drug-likeness (QED) is 0.678. The lowest BCUT2D eigenvalue weighted by Gasteiger charge is -2.11. The number of ether oxygens (including phenoxy) is 1. The van der Waals surface area contributed by atoms with Crippen LogP contribution in [-0.4, -0.2) is 11.1 Å². The Morgan fingerprint density at radius 3 is 2.21 bits per heavy atom. The molecule has 0 radical (unpaired) electrons. The molecule has 0 fully saturated rings. The van der Waals surface area contributed by atoms with Gasteiger partial charge in [0.15, 0.2) is 6.10 Å². The first kappa shape index (κ1) is 13.3. The van der Waals surface area contributed by atoms with Crippen molar-refractivity contribution in [2.24, 2.45) is 0 Å². The van der Waals surface area contributed by atoms with Crippen LogP contribution in [0, 0.1) is 13.8 Å². The molecule has 0 amide bonds. The van der Waals surface area contributed by atoms with Crippen molar-refractivity contribution in [1.29, 1.82) is 0 Å². The van der Waals surface area contributed by atoms with E-state index in [2.05, 4.69) is 0 Å². The summed E-state index contributed by atoms with van der Waals surface area (Å²) in [5.74, 6) is -0.214. The van der Waals surface area contributed by atoms with Crippen LogP contribution < -0.4 is 4.74 Å². The van der Waals surface area contributed by atoms with E-state index in [-0.39, 0.29) is 0 Å². The summed E-state index contributed by atoms with van der Waals surface area (Å²) in [7, 11) is 0. The molecule has 0 saturated heterocycles. The molecule has 0 aliphatic rings. The lowest BCUT2D eigenvalue weighted by Crippen LogP contribution is -2.18. The molecule has 0 unspecified atom stereocenters. The first-order valence-electron chi connectivity index (χ1n) is 6.09. The highest BCUT2D eigenvalue weighted by Gasteiger charge is 2.19. The Morgan fingerprint density at radius 2 is 1.63 bits per heavy atom. The molecule has 0 aromatic heterocycles. The fourth-order valence-electron chi connectivity index (χ4n) is 1.94. The summed E-state index contributed by atoms with van der Waals surface area (Å²) in [5, 5.41) is 9.91. The molecule has 0 aliphatic heterocycles. The zero-order valence-electron chi connectivity index (χ0n) is 11.0. The molecule has 0 saturated carbocycles. The highest BCUT2D eigenvalue weighted by molar-refractivity contribution is 5.78. The molecule has 0 bridgehead atoms. The summed E-state index contributed by atoms with van der Waals surface area (Å²) < 4.78 is 5.20. The third kappa shape index (κ3) is 3.42. The molecule has 3 heteroatoms. The van der Waals surface area contributed by atoms with E-state index in [1.165, 1.54) is 0 Å². The Morgan fingerprint density at radius 1 is 1.05 bits per heavy atom. The second kappa shape index (κ2) is 5.67. The Balaban J connectivity index is 2.13. The molecule has 98 valence electrons. The number of hydrogen-bond acceptors (Lipinski definition) is 3. The minimum absolute atomic E-state index is 0.456. The van der Waals surface area contributed by atoms with E-state index in [1.807, 2.05) is 26.0 Å². The van der Waals surface area contributed by atoms with E-state index in [0.29, 0.717) is 11.3 Å². The number of carbonyl (C=O) groups excluding carboxylic acids is 1. The number of aryl methyl sites for hydroxylation is 2. The van der Waals surface area contributed by atoms with E-state index in [0.717, 1.165) is 11.1 Å². The molecule has 0 aliphatic carbocycles. The highest BCUT2D eigenvalue weighted by atomic mass is 16.5. The molecule has 0 spiro atoms. The van der Waals surface area contributed by atoms with Gasteiger partial charge in [-0.25, -0.2) is 4.79 Å². The Kier molecular flexibility index (Phi) is 3.97. The van der Waals surface area contributed by atoms with Crippen LogP contribution >= 0.6 is 0 Å². The van der Waals surface area contributed by atoms with Gasteiger partial charge in [0, 0.05) is 0 Å². The van der Waals surface area contributed by atoms with E-state index < -0.39 is 12.1 Å². The Hall–Kier alpha value is -2.13. The molecule has 0 heterocycles. The second-order valence-electron chi connectivity index (χ2n) is 4.56. The maximum Gasteiger partial charge on any atom is 0.345 e. The third-order valence-corrected chi connectivity index (χ3v) is 2.75. The molecule has 2 aromatic carbocycles. The Bertz CT molecular complexity index is 556. The number of aliphatic hydroxyl groups is 1. The van der Waals surface area contributed by atoms with Gasteiger partial charge in [-0.05, 0) is 42.7 Å². The van der Waals surface area contributed by atoms with Crippen LogP contribution in [0.4, 0.5) is 0 Å². The van der Waals surface area contributed by atoms with Gasteiger partial charge in [0.1, 0.15) is 5.75 Å². The minimum Gasteiger partial charge on any atom is -0.424 e. The number of benzene rings is 2. The predicted octanol–water partition coefficient (Wildman–Crippen LogP) is 2.94. The van der Waals surface area contributed by atoms with E-state index in [9.17, 15) is 9.90 Å². The summed E-state index contributed by atoms with van der Waals surface area (Å²) in [4.78, 5) is 11.9. The number of carbonyl (C=O) groups is 1. The van der Waals surface area contributed by atoms with E-state index >= 15 is 0 Å². The average molecular weight is 256 g/mol. The summed E-state index contributed by atoms with van der Waals surface area (Å²) in [6.45, 7) is 3.86. The van der Waals surface area contributed by atoms with Crippen molar-refractivity contribution in [2.45, 2.75) is 20.0 Å². The summed E-state index contributed by atoms with van der Waals surface area (Å²) in [6.07, 6.45) is -1.26. The highest BCUT2D eigenvalue weighted by Crippen LogP contribution is 2.20. The summed E-state index contributed by atoms with van der Waals surface area (Å²) in [6, 6.07) is 14.3. The van der Waals surface area contributed by atoms with Crippen molar-refractivity contribution >= 4 is 5.97 Å². The summed E-state index contributed by atoms with van der Waals surface area (Å²) in [5.41, 5.74) is 2.55. The first-order chi connectivity index (χ1) is 9.06. The fourth-order valence-corrected chi connectivity index (χ4v) is 1.94. The summed E-state index contributed by atoms with van der Waals surface area (Å²) >= 11 is 0. The van der Waals surface area contributed by atoms with Crippen molar-refractivity contribution in [3.63, 3.8) is 0 Å². The van der Waals surface area contributed by atoms with Crippen molar-refractivity contribution in [1.82, 2.24) is 0 Å². The molecular weight excluding hydrogens is 240 g/mol. The minimum atomic E-state index is -1.26. The van der Waals surface area contributed by atoms with Crippen LogP contribution in [-0.2, 0) is 4.79 Å². The van der Waals surface area contributed by atoms with Gasteiger partial charge in [-0.15, -0.1) is 0 Å². The topological polar surface area (TPSA) is 46.5 Å². The largest absolute Gasteiger partial charge is 0.424 e. The van der Waals surface area contributed by atoms with Crippen LogP contribution in [0.1, 0.15) is 22.8 Å². The lowest BCUT2D eigenvalue weighted by atomic mass is 10.1. The van der Waals surface area contributed by atoms with Crippen molar-refractivity contribution in [3.8, 4) is 5.75 Å². The van der Waals surface area contributed by atoms with Gasteiger partial charge in [-0.2, -0.15) is 0 Å². The normalized spacial score (nSPS) is 11.9. The zero-order valence-corrected chi connectivity index (χ0v) is 11.0. The maximum atomic E-state index is 11.9. The predicted molar refractivity (Wildman–Crippen MR) is 73.0 cm³/mol. The first-order valence-corrected chi connectivity index (χ1v) is 6.09. The average Bonchev–Trinajstić information content (AvgIpc) is 2.37. The van der Waals surface area contributed by atoms with Gasteiger partial charge in [0.05, 0.1) is 0 Å². The van der Waals surface area contributed by atoms with Crippen LogP contribution in [0.25, 0.3) is 0 Å². The fraction of sp³-hybridized carbons (Fsp3) is 0.188. The molecule has 1 atom stereocenters. The number of hydrogen-bond donors (Lipinski definition) is 1. The number of rotatable bonds is 3. The lowest BCUT2D eigenvalue weighted by molar-refractivity contribution is -0.144. The van der Waals surface area contributed by atoms with E-state index in [1.54, 1.807) is 36.4 Å². The second-order valence-corrected chi connectivity index (χ2v) is 4.56. The number of aliphatic hydroxyl groups excluding tert-OH is 1. The monoisotopic (exact) mass is 256 g/mol. The van der Waals surface area contributed by atoms with Gasteiger partial charge in [0.2, 0.25) is 0 Å². The molecule has 19 heavy (non-hydrogen) atoms. The molecule has 1 N–H and O–H groups in total. The van der Waals surface area contributed by atoms with Gasteiger partial charge in [0.25, 0.3) is 0 Å². The molecular formula is C16H16O3. The standard InChI is InChI=1S/C16H16O3/c1-11-8-12(2)10-14(9-11)19-16(18)15(17)13-6-4-3-5-7-13/h3-10,15,17H,1-2H3/t15-/m0/s1. The van der Waals surface area contributed by atoms with E-state index in [4.69, 9.17) is 4.74 Å². The van der Waals surface area contributed by atoms with Gasteiger partial charge >= 0.3 is 5.97 Å². The van der Waals surface area contributed by atoms with Gasteiger partial charge in [-0.3, -0.25) is 0 Å². The molecule has 2 rings (SSSR count). The van der Waals surface area contributed by atoms with Gasteiger partial charge in [-0.1, -0.05) is 36.4 Å². The van der Waals surface area contributed by atoms with Crippen LogP contribution in [0.3, 0.4) is 0 Å². The smallest absolute Gasteiger partial charge is 0.345 e. The van der Waals surface area contributed by atoms with Crippen molar-refractivity contribution < 1.29 is 14.6 Å². The van der Waals surface area contributed by atoms with Crippen LogP contribution in [0.2, 0.25) is 0 Å². The maximum absolute atomic E-state index is 11.9. The Labute approximate surface area is 112 Å². The van der Waals surface area contributed by atoms with Crippen molar-refractivity contribution in [3.05, 3.63) is 65.2 Å². The van der Waals surface area contributed by atoms with Crippen LogP contribution in [0.5, 0.6) is 5.75 Å². The third-order valence-electron chi connectivity index (χ3n) is 2.75. The molecule has 3 nitrogen and oxygen atoms in total. The zero-order chi connectivity index (χ0) is 13.8. The van der Waals surface area contributed by atoms with Crippen molar-refractivity contribution in [2.75, 3.05) is 0 Å². The van der Waals surface area contributed by atoms with Crippen LogP contribution in [0.15, 0.2) is 48.5 Å². The number of esters is 1. The molecule has 2 aromatic rings.